The van der Waals surface area contributed by atoms with Crippen molar-refractivity contribution in [2.45, 2.75) is 38.7 Å². The van der Waals surface area contributed by atoms with Crippen LogP contribution in [0, 0.1) is 0 Å². The van der Waals surface area contributed by atoms with Gasteiger partial charge in [0, 0.05) is 25.6 Å². The van der Waals surface area contributed by atoms with Gasteiger partial charge in [-0.3, -0.25) is 4.98 Å². The van der Waals surface area contributed by atoms with Gasteiger partial charge < -0.3 is 9.84 Å². The van der Waals surface area contributed by atoms with E-state index in [-0.39, 0.29) is 0 Å². The molecule has 0 aliphatic carbocycles. The van der Waals surface area contributed by atoms with Crippen molar-refractivity contribution in [1.82, 2.24) is 4.98 Å². The van der Waals surface area contributed by atoms with Crippen LogP contribution in [0.25, 0.3) is 6.08 Å². The van der Waals surface area contributed by atoms with Gasteiger partial charge in [0.2, 0.25) is 0 Å². The van der Waals surface area contributed by atoms with Crippen LogP contribution in [-0.2, 0) is 17.6 Å². The Labute approximate surface area is 145 Å². The zero-order valence-corrected chi connectivity index (χ0v) is 14.4. The summed E-state index contributed by atoms with van der Waals surface area (Å²) in [5, 5.41) is 9.93. The van der Waals surface area contributed by atoms with Crippen molar-refractivity contribution < 1.29 is 9.84 Å². The zero-order chi connectivity index (χ0) is 17.0. The molecule has 0 spiro atoms. The van der Waals surface area contributed by atoms with Crippen molar-refractivity contribution in [2.75, 3.05) is 13.2 Å². The smallest absolute Gasteiger partial charge is 0.0725 e. The van der Waals surface area contributed by atoms with Crippen molar-refractivity contribution >= 4 is 6.08 Å². The minimum absolute atomic E-state index is 0.407. The maximum Gasteiger partial charge on any atom is 0.0725 e. The lowest BCUT2D eigenvalue weighted by molar-refractivity contribution is 0.128. The number of aromatic nitrogens is 1. The van der Waals surface area contributed by atoms with Gasteiger partial charge in [-0.15, -0.1) is 0 Å². The predicted octanol–water partition coefficient (Wildman–Crippen LogP) is 4.06. The lowest BCUT2D eigenvalue weighted by Gasteiger charge is -2.06. The van der Waals surface area contributed by atoms with Gasteiger partial charge in [0.05, 0.1) is 6.10 Å². The second-order valence-corrected chi connectivity index (χ2v) is 5.87. The second kappa shape index (κ2) is 10.7. The molecule has 2 aromatic rings. The molecule has 128 valence electrons. The molecule has 1 aromatic heterocycles. The molecule has 0 aliphatic rings. The van der Waals surface area contributed by atoms with Crippen LogP contribution in [0.3, 0.4) is 0 Å². The maximum atomic E-state index is 9.93. The van der Waals surface area contributed by atoms with Crippen molar-refractivity contribution in [3.8, 4) is 0 Å². The average molecular weight is 325 g/mol. The summed E-state index contributed by atoms with van der Waals surface area (Å²) in [4.78, 5) is 4.14. The van der Waals surface area contributed by atoms with E-state index in [1.165, 1.54) is 11.1 Å². The summed E-state index contributed by atoms with van der Waals surface area (Å²) < 4.78 is 5.28. The average Bonchev–Trinajstić information content (AvgIpc) is 2.63. The molecular formula is C21H27NO2. The van der Waals surface area contributed by atoms with E-state index in [9.17, 15) is 5.11 Å². The summed E-state index contributed by atoms with van der Waals surface area (Å²) >= 11 is 0. The molecule has 3 nitrogen and oxygen atoms in total. The fourth-order valence-electron chi connectivity index (χ4n) is 2.49. The molecule has 0 amide bonds. The molecule has 0 bridgehead atoms. The van der Waals surface area contributed by atoms with E-state index in [1.54, 1.807) is 6.20 Å². The molecule has 24 heavy (non-hydrogen) atoms. The molecule has 0 saturated carbocycles. The molecule has 3 heteroatoms. The quantitative estimate of drug-likeness (QED) is 0.670. The number of ether oxygens (including phenoxy) is 1. The van der Waals surface area contributed by atoms with Crippen LogP contribution in [0.4, 0.5) is 0 Å². The zero-order valence-electron chi connectivity index (χ0n) is 14.4. The Bertz CT molecular complexity index is 593. The van der Waals surface area contributed by atoms with Gasteiger partial charge in [0.25, 0.3) is 0 Å². The Morgan fingerprint density at radius 3 is 2.62 bits per heavy atom. The summed E-state index contributed by atoms with van der Waals surface area (Å²) in [6, 6.07) is 12.6. The molecule has 1 N–H and O–H groups in total. The third-order valence-corrected chi connectivity index (χ3v) is 3.91. The Morgan fingerprint density at radius 1 is 1.12 bits per heavy atom. The molecule has 1 heterocycles. The number of nitrogens with zero attached hydrogens (tertiary/aromatic N) is 1. The third kappa shape index (κ3) is 7.07. The van der Waals surface area contributed by atoms with Crippen LogP contribution in [0.5, 0.6) is 0 Å². The van der Waals surface area contributed by atoms with Crippen LogP contribution in [0.1, 0.15) is 36.5 Å². The highest BCUT2D eigenvalue weighted by Gasteiger charge is 1.99. The van der Waals surface area contributed by atoms with Gasteiger partial charge >= 0.3 is 0 Å². The number of pyridine rings is 1. The molecule has 0 radical (unpaired) electrons. The fraction of sp³-hybridized carbons (Fsp3) is 0.381. The summed E-state index contributed by atoms with van der Waals surface area (Å²) in [5.74, 6) is 0. The normalized spacial score (nSPS) is 12.6. The number of benzene rings is 1. The second-order valence-electron chi connectivity index (χ2n) is 5.87. The van der Waals surface area contributed by atoms with E-state index in [4.69, 9.17) is 4.74 Å². The van der Waals surface area contributed by atoms with Crippen LogP contribution in [0.15, 0.2) is 54.9 Å². The van der Waals surface area contributed by atoms with Crippen LogP contribution >= 0.6 is 0 Å². The van der Waals surface area contributed by atoms with Crippen LogP contribution < -0.4 is 0 Å². The Balaban J connectivity index is 1.75. The van der Waals surface area contributed by atoms with Gasteiger partial charge in [-0.25, -0.2) is 0 Å². The van der Waals surface area contributed by atoms with E-state index in [2.05, 4.69) is 35.3 Å². The third-order valence-electron chi connectivity index (χ3n) is 3.91. The highest BCUT2D eigenvalue weighted by molar-refractivity contribution is 5.50. The van der Waals surface area contributed by atoms with E-state index < -0.39 is 6.10 Å². The Kier molecular flexibility index (Phi) is 8.22. The van der Waals surface area contributed by atoms with Crippen molar-refractivity contribution in [1.29, 1.82) is 0 Å². The largest absolute Gasteiger partial charge is 0.389 e. The summed E-state index contributed by atoms with van der Waals surface area (Å²) in [5.41, 5.74) is 3.69. The van der Waals surface area contributed by atoms with Crippen LogP contribution in [-0.4, -0.2) is 29.4 Å². The van der Waals surface area contributed by atoms with Gasteiger partial charge in [0.1, 0.15) is 0 Å². The number of aliphatic hydroxyl groups excluding tert-OH is 1. The maximum absolute atomic E-state index is 9.93. The number of aliphatic hydroxyl groups is 1. The lowest BCUT2D eigenvalue weighted by atomic mass is 10.0. The van der Waals surface area contributed by atoms with Gasteiger partial charge in [-0.1, -0.05) is 42.5 Å². The molecule has 0 aliphatic heterocycles. The first kappa shape index (κ1) is 18.4. The van der Waals surface area contributed by atoms with Crippen LogP contribution in [0.2, 0.25) is 0 Å². The lowest BCUT2D eigenvalue weighted by Crippen LogP contribution is -2.04. The summed E-state index contributed by atoms with van der Waals surface area (Å²) in [6.07, 6.45) is 10.8. The number of hydrogen-bond donors (Lipinski definition) is 1. The first-order chi connectivity index (χ1) is 11.8. The van der Waals surface area contributed by atoms with E-state index in [0.29, 0.717) is 6.61 Å². The van der Waals surface area contributed by atoms with Gasteiger partial charge in [-0.05, 0) is 55.4 Å². The molecule has 1 aromatic carbocycles. The topological polar surface area (TPSA) is 42.4 Å². The fourth-order valence-corrected chi connectivity index (χ4v) is 2.49. The van der Waals surface area contributed by atoms with E-state index in [1.807, 2.05) is 31.3 Å². The molecule has 1 unspecified atom stereocenters. The van der Waals surface area contributed by atoms with E-state index in [0.717, 1.165) is 37.9 Å². The Hall–Kier alpha value is -1.97. The van der Waals surface area contributed by atoms with Crippen molar-refractivity contribution in [2.24, 2.45) is 0 Å². The van der Waals surface area contributed by atoms with Gasteiger partial charge in [-0.2, -0.15) is 0 Å². The SMILES string of the molecule is CCOCCCC(O)C=Cc1ccc(CCc2cccnc2)cc1. The number of hydrogen-bond acceptors (Lipinski definition) is 3. The monoisotopic (exact) mass is 325 g/mol. The molecular weight excluding hydrogens is 298 g/mol. The molecule has 0 saturated heterocycles. The first-order valence-corrected chi connectivity index (χ1v) is 8.70. The minimum atomic E-state index is -0.407. The molecule has 1 atom stereocenters. The standard InChI is InChI=1S/C21H27NO2/c1-2-24-16-4-6-21(23)14-13-19-9-7-18(8-10-19)11-12-20-5-3-15-22-17-20/h3,5,7-10,13-15,17,21,23H,2,4,6,11-12,16H2,1H3. The molecule has 2 rings (SSSR count). The van der Waals surface area contributed by atoms with Crippen molar-refractivity contribution in [3.05, 3.63) is 71.6 Å². The number of rotatable bonds is 10. The highest BCUT2D eigenvalue weighted by Crippen LogP contribution is 2.11. The number of aryl methyl sites for hydroxylation is 2. The summed E-state index contributed by atoms with van der Waals surface area (Å²) in [7, 11) is 0. The first-order valence-electron chi connectivity index (χ1n) is 8.70. The van der Waals surface area contributed by atoms with Crippen molar-refractivity contribution in [3.63, 3.8) is 0 Å². The predicted molar refractivity (Wildman–Crippen MR) is 98.9 cm³/mol. The van der Waals surface area contributed by atoms with E-state index >= 15 is 0 Å². The molecule has 0 fully saturated rings. The minimum Gasteiger partial charge on any atom is -0.389 e. The van der Waals surface area contributed by atoms with Gasteiger partial charge in [0.15, 0.2) is 0 Å². The summed E-state index contributed by atoms with van der Waals surface area (Å²) in [6.45, 7) is 3.43. The Morgan fingerprint density at radius 2 is 1.92 bits per heavy atom. The highest BCUT2D eigenvalue weighted by atomic mass is 16.5.